The molecular formula is C22H20NO3+. The third-order valence-electron chi connectivity index (χ3n) is 4.48. The lowest BCUT2D eigenvalue weighted by atomic mass is 9.95. The molecule has 1 fully saturated rings. The van der Waals surface area contributed by atoms with Crippen LogP contribution in [0.15, 0.2) is 87.1 Å². The van der Waals surface area contributed by atoms with Gasteiger partial charge in [-0.15, -0.1) is 0 Å². The van der Waals surface area contributed by atoms with Gasteiger partial charge in [-0.3, -0.25) is 4.79 Å². The molecule has 0 amide bonds. The minimum Gasteiger partial charge on any atom is -0.465 e. The normalized spacial score (nSPS) is 20.8. The van der Waals surface area contributed by atoms with Gasteiger partial charge >= 0.3 is 0 Å². The Morgan fingerprint density at radius 1 is 0.808 bits per heavy atom. The number of quaternary nitrogens is 1. The lowest BCUT2D eigenvalue weighted by molar-refractivity contribution is -0.904. The molecule has 0 saturated carbocycles. The van der Waals surface area contributed by atoms with Gasteiger partial charge in [0, 0.05) is 5.56 Å². The molecule has 0 atom stereocenters. The van der Waals surface area contributed by atoms with Gasteiger partial charge in [0.2, 0.25) is 0 Å². The predicted octanol–water partition coefficient (Wildman–Crippen LogP) is 3.01. The van der Waals surface area contributed by atoms with Crippen molar-refractivity contribution in [3.8, 4) is 0 Å². The van der Waals surface area contributed by atoms with Crippen molar-refractivity contribution < 1.29 is 18.5 Å². The summed E-state index contributed by atoms with van der Waals surface area (Å²) in [4.78, 5) is 14.3. The first-order valence-electron chi connectivity index (χ1n) is 8.68. The molecule has 130 valence electrons. The van der Waals surface area contributed by atoms with E-state index in [1.54, 1.807) is 12.5 Å². The van der Waals surface area contributed by atoms with Gasteiger partial charge in [-0.05, 0) is 36.4 Å². The maximum Gasteiger partial charge on any atom is 0.196 e. The zero-order valence-electron chi connectivity index (χ0n) is 14.4. The molecule has 1 saturated heterocycles. The smallest absolute Gasteiger partial charge is 0.196 e. The highest BCUT2D eigenvalue weighted by molar-refractivity contribution is 6.13. The number of Topliss-reactive ketones (excluding diaryl/α,β-unsaturated/α-hetero) is 1. The third kappa shape index (κ3) is 3.76. The van der Waals surface area contributed by atoms with E-state index in [9.17, 15) is 4.79 Å². The van der Waals surface area contributed by atoms with Crippen molar-refractivity contribution in [1.29, 1.82) is 0 Å². The highest BCUT2D eigenvalue weighted by Gasteiger charge is 2.29. The third-order valence-corrected chi connectivity index (χ3v) is 4.48. The molecule has 4 rings (SSSR count). The molecule has 4 heteroatoms. The van der Waals surface area contributed by atoms with Gasteiger partial charge in [0.1, 0.15) is 31.2 Å². The average molecular weight is 346 g/mol. The van der Waals surface area contributed by atoms with Crippen LogP contribution in [0.25, 0.3) is 12.2 Å². The summed E-state index contributed by atoms with van der Waals surface area (Å²) < 4.78 is 10.8. The molecule has 0 spiro atoms. The van der Waals surface area contributed by atoms with E-state index in [1.807, 2.05) is 54.6 Å². The number of likely N-dealkylation sites (tertiary alicyclic amines) is 1. The first-order valence-corrected chi connectivity index (χ1v) is 8.68. The Kier molecular flexibility index (Phi) is 4.67. The number of carbonyl (C=O) groups excluding carboxylic acids is 1. The molecule has 1 aromatic carbocycles. The zero-order valence-corrected chi connectivity index (χ0v) is 14.4. The minimum atomic E-state index is 0.0645. The summed E-state index contributed by atoms with van der Waals surface area (Å²) in [5.74, 6) is 1.47. The van der Waals surface area contributed by atoms with E-state index < -0.39 is 0 Å². The fourth-order valence-electron chi connectivity index (χ4n) is 3.30. The first-order chi connectivity index (χ1) is 12.8. The summed E-state index contributed by atoms with van der Waals surface area (Å²) in [6.07, 6.45) is 6.94. The van der Waals surface area contributed by atoms with Crippen molar-refractivity contribution in [2.75, 3.05) is 13.1 Å². The molecule has 1 aliphatic rings. The molecule has 26 heavy (non-hydrogen) atoms. The standard InChI is InChI=1S/C22H19NO3/c24-22-18(12-20-8-4-10-25-20)15-23(14-17-6-2-1-3-7-17)16-19(22)13-21-9-5-11-26-21/h1-13H,14-16H2/p+1/b18-12+,19-13+. The van der Waals surface area contributed by atoms with E-state index in [4.69, 9.17) is 8.83 Å². The molecule has 0 aliphatic carbocycles. The largest absolute Gasteiger partial charge is 0.465 e. The van der Waals surface area contributed by atoms with Crippen molar-refractivity contribution in [2.24, 2.45) is 0 Å². The fraction of sp³-hybridized carbons (Fsp3) is 0.136. The lowest BCUT2D eigenvalue weighted by Gasteiger charge is -2.26. The highest BCUT2D eigenvalue weighted by Crippen LogP contribution is 2.17. The Bertz CT molecular complexity index is 863. The molecule has 2 aromatic heterocycles. The van der Waals surface area contributed by atoms with Crippen LogP contribution >= 0.6 is 0 Å². The number of benzene rings is 1. The SMILES string of the molecule is O=C1/C(=C/c2ccco2)C[NH+](Cc2ccccc2)C/C1=C\c1ccco1. The van der Waals surface area contributed by atoms with Crippen molar-refractivity contribution in [3.05, 3.63) is 95.4 Å². The molecule has 3 heterocycles. The van der Waals surface area contributed by atoms with Crippen LogP contribution in [0, 0.1) is 0 Å². The molecule has 1 N–H and O–H groups in total. The molecule has 1 aliphatic heterocycles. The monoisotopic (exact) mass is 346 g/mol. The molecule has 4 nitrogen and oxygen atoms in total. The summed E-state index contributed by atoms with van der Waals surface area (Å²) in [5, 5.41) is 0. The summed E-state index contributed by atoms with van der Waals surface area (Å²) in [6, 6.07) is 17.7. The number of hydrogen-bond donors (Lipinski definition) is 1. The van der Waals surface area contributed by atoms with Crippen molar-refractivity contribution in [1.82, 2.24) is 0 Å². The fourth-order valence-corrected chi connectivity index (χ4v) is 3.30. The summed E-state index contributed by atoms with van der Waals surface area (Å²) in [6.45, 7) is 2.20. The van der Waals surface area contributed by atoms with Gasteiger partial charge in [0.15, 0.2) is 5.78 Å². The van der Waals surface area contributed by atoms with Crippen LogP contribution in [-0.2, 0) is 11.3 Å². The number of hydrogen-bond acceptors (Lipinski definition) is 3. The highest BCUT2D eigenvalue weighted by atomic mass is 16.3. The van der Waals surface area contributed by atoms with Gasteiger partial charge in [-0.25, -0.2) is 0 Å². The van der Waals surface area contributed by atoms with Crippen molar-refractivity contribution in [3.63, 3.8) is 0 Å². The Labute approximate surface area is 152 Å². The first kappa shape index (κ1) is 16.4. The van der Waals surface area contributed by atoms with Gasteiger partial charge in [0.25, 0.3) is 0 Å². The van der Waals surface area contributed by atoms with Crippen molar-refractivity contribution in [2.45, 2.75) is 6.54 Å². The van der Waals surface area contributed by atoms with E-state index in [1.165, 1.54) is 10.5 Å². The van der Waals surface area contributed by atoms with E-state index >= 15 is 0 Å². The van der Waals surface area contributed by atoms with Crippen LogP contribution in [0.4, 0.5) is 0 Å². The van der Waals surface area contributed by atoms with Crippen LogP contribution < -0.4 is 4.90 Å². The summed E-state index contributed by atoms with van der Waals surface area (Å²) in [5.41, 5.74) is 2.77. The number of rotatable bonds is 4. The van der Waals surface area contributed by atoms with Crippen LogP contribution in [0.2, 0.25) is 0 Å². The second kappa shape index (κ2) is 7.42. The summed E-state index contributed by atoms with van der Waals surface area (Å²) >= 11 is 0. The zero-order chi connectivity index (χ0) is 17.8. The Morgan fingerprint density at radius 3 is 1.88 bits per heavy atom. The van der Waals surface area contributed by atoms with Gasteiger partial charge < -0.3 is 13.7 Å². The molecule has 3 aromatic rings. The van der Waals surface area contributed by atoms with Crippen LogP contribution in [0.5, 0.6) is 0 Å². The van der Waals surface area contributed by atoms with E-state index in [-0.39, 0.29) is 5.78 Å². The van der Waals surface area contributed by atoms with Gasteiger partial charge in [-0.2, -0.15) is 0 Å². The van der Waals surface area contributed by atoms with E-state index in [2.05, 4.69) is 12.1 Å². The van der Waals surface area contributed by atoms with Gasteiger partial charge in [0.05, 0.1) is 23.7 Å². The molecule has 0 bridgehead atoms. The second-order valence-corrected chi connectivity index (χ2v) is 6.47. The van der Waals surface area contributed by atoms with Crippen LogP contribution in [0.1, 0.15) is 17.1 Å². The summed E-state index contributed by atoms with van der Waals surface area (Å²) in [7, 11) is 0. The number of piperidine rings is 1. The lowest BCUT2D eigenvalue weighted by Crippen LogP contribution is -3.12. The van der Waals surface area contributed by atoms with Crippen LogP contribution in [-0.4, -0.2) is 18.9 Å². The van der Waals surface area contributed by atoms with E-state index in [0.717, 1.165) is 17.7 Å². The van der Waals surface area contributed by atoms with Gasteiger partial charge in [-0.1, -0.05) is 30.3 Å². The van der Waals surface area contributed by atoms with E-state index in [0.29, 0.717) is 24.6 Å². The molecule has 0 unspecified atom stereocenters. The van der Waals surface area contributed by atoms with Crippen LogP contribution in [0.3, 0.4) is 0 Å². The Morgan fingerprint density at radius 2 is 1.38 bits per heavy atom. The number of carbonyl (C=O) groups is 1. The number of ketones is 1. The Hall–Kier alpha value is -3.11. The van der Waals surface area contributed by atoms with Crippen molar-refractivity contribution >= 4 is 17.9 Å². The molecule has 0 radical (unpaired) electrons. The average Bonchev–Trinajstić information content (AvgIpc) is 3.34. The maximum atomic E-state index is 12.9. The second-order valence-electron chi connectivity index (χ2n) is 6.47. The minimum absolute atomic E-state index is 0.0645. The Balaban J connectivity index is 1.64. The number of nitrogens with one attached hydrogen (secondary N) is 1. The predicted molar refractivity (Wildman–Crippen MR) is 99.2 cm³/mol. The number of furan rings is 2. The maximum absolute atomic E-state index is 12.9. The topological polar surface area (TPSA) is 47.8 Å². The molecular weight excluding hydrogens is 326 g/mol. The quantitative estimate of drug-likeness (QED) is 0.739.